The highest BCUT2D eigenvalue weighted by atomic mass is 16.5. The summed E-state index contributed by atoms with van der Waals surface area (Å²) in [5, 5.41) is 0. The fourth-order valence-corrected chi connectivity index (χ4v) is 3.44. The van der Waals surface area contributed by atoms with Gasteiger partial charge in [-0.05, 0) is 52.2 Å². The molecule has 23 heavy (non-hydrogen) atoms. The minimum atomic E-state index is -0.0325. The Bertz CT molecular complexity index is 267. The van der Waals surface area contributed by atoms with Crippen molar-refractivity contribution in [3.8, 4) is 0 Å². The van der Waals surface area contributed by atoms with Crippen LogP contribution in [0, 0.1) is 0 Å². The van der Waals surface area contributed by atoms with Gasteiger partial charge < -0.3 is 9.64 Å². The summed E-state index contributed by atoms with van der Waals surface area (Å²) in [6, 6.07) is 0. The second-order valence-corrected chi connectivity index (χ2v) is 6.99. The zero-order valence-corrected chi connectivity index (χ0v) is 15.5. The van der Waals surface area contributed by atoms with Crippen LogP contribution in [0.25, 0.3) is 0 Å². The molecule has 1 rings (SSSR count). The van der Waals surface area contributed by atoms with Gasteiger partial charge in [-0.2, -0.15) is 0 Å². The molecule has 0 aliphatic carbocycles. The molecule has 1 fully saturated rings. The van der Waals surface area contributed by atoms with Crippen LogP contribution in [-0.2, 0) is 9.53 Å². The summed E-state index contributed by atoms with van der Waals surface area (Å²) in [6.45, 7) is 6.14. The predicted molar refractivity (Wildman–Crippen MR) is 97.7 cm³/mol. The van der Waals surface area contributed by atoms with Crippen molar-refractivity contribution in [2.75, 3.05) is 26.2 Å². The van der Waals surface area contributed by atoms with E-state index in [1.807, 2.05) is 6.92 Å². The molecule has 0 amide bonds. The van der Waals surface area contributed by atoms with Gasteiger partial charge in [0.25, 0.3) is 0 Å². The topological polar surface area (TPSA) is 29.5 Å². The molecule has 0 spiro atoms. The molecule has 0 saturated carbocycles. The normalized spacial score (nSPS) is 19.3. The van der Waals surface area contributed by atoms with E-state index in [9.17, 15) is 4.79 Å². The first-order valence-electron chi connectivity index (χ1n) is 10.2. The third-order valence-electron chi connectivity index (χ3n) is 4.86. The van der Waals surface area contributed by atoms with Crippen LogP contribution in [0.15, 0.2) is 0 Å². The van der Waals surface area contributed by atoms with E-state index in [-0.39, 0.29) is 5.97 Å². The van der Waals surface area contributed by atoms with Gasteiger partial charge >= 0.3 is 5.97 Å². The van der Waals surface area contributed by atoms with Gasteiger partial charge in [-0.1, -0.05) is 57.8 Å². The van der Waals surface area contributed by atoms with Gasteiger partial charge in [-0.15, -0.1) is 0 Å². The molecule has 1 heterocycles. The van der Waals surface area contributed by atoms with Crippen molar-refractivity contribution in [2.24, 2.45) is 0 Å². The lowest BCUT2D eigenvalue weighted by atomic mass is 10.1. The SMILES string of the molecule is CCOC(=O)CCCCCN1CCCCCCCCCCCC1. The zero-order chi connectivity index (χ0) is 16.6. The number of esters is 1. The largest absolute Gasteiger partial charge is 0.466 e. The highest BCUT2D eigenvalue weighted by Crippen LogP contribution is 2.13. The van der Waals surface area contributed by atoms with Crippen molar-refractivity contribution in [2.45, 2.75) is 96.8 Å². The molecule has 1 aliphatic heterocycles. The lowest BCUT2D eigenvalue weighted by Gasteiger charge is -2.22. The van der Waals surface area contributed by atoms with Crippen LogP contribution in [0.2, 0.25) is 0 Å². The van der Waals surface area contributed by atoms with Crippen LogP contribution in [0.5, 0.6) is 0 Å². The average molecular weight is 326 g/mol. The van der Waals surface area contributed by atoms with Gasteiger partial charge in [0.05, 0.1) is 6.61 Å². The summed E-state index contributed by atoms with van der Waals surface area (Å²) < 4.78 is 4.98. The van der Waals surface area contributed by atoms with E-state index in [0.29, 0.717) is 13.0 Å². The van der Waals surface area contributed by atoms with Gasteiger partial charge in [0, 0.05) is 6.42 Å². The Balaban J connectivity index is 2.13. The van der Waals surface area contributed by atoms with E-state index in [1.165, 1.54) is 90.3 Å². The molecular formula is C20H39NO2. The lowest BCUT2D eigenvalue weighted by Crippen LogP contribution is -2.27. The first-order chi connectivity index (χ1) is 11.3. The smallest absolute Gasteiger partial charge is 0.305 e. The van der Waals surface area contributed by atoms with E-state index in [0.717, 1.165) is 12.8 Å². The third-order valence-corrected chi connectivity index (χ3v) is 4.86. The number of rotatable bonds is 7. The lowest BCUT2D eigenvalue weighted by molar-refractivity contribution is -0.143. The highest BCUT2D eigenvalue weighted by Gasteiger charge is 2.06. The van der Waals surface area contributed by atoms with E-state index >= 15 is 0 Å². The minimum absolute atomic E-state index is 0.0325. The Labute approximate surface area is 144 Å². The van der Waals surface area contributed by atoms with E-state index in [1.54, 1.807) is 0 Å². The van der Waals surface area contributed by atoms with Gasteiger partial charge in [-0.25, -0.2) is 0 Å². The van der Waals surface area contributed by atoms with Crippen molar-refractivity contribution < 1.29 is 9.53 Å². The maximum absolute atomic E-state index is 11.3. The summed E-state index contributed by atoms with van der Waals surface area (Å²) in [4.78, 5) is 14.0. The van der Waals surface area contributed by atoms with Crippen molar-refractivity contribution >= 4 is 5.97 Å². The molecule has 0 bridgehead atoms. The monoisotopic (exact) mass is 325 g/mol. The van der Waals surface area contributed by atoms with Crippen LogP contribution >= 0.6 is 0 Å². The summed E-state index contributed by atoms with van der Waals surface area (Å²) in [5.74, 6) is -0.0325. The molecule has 0 radical (unpaired) electrons. The molecule has 1 aliphatic rings. The van der Waals surface area contributed by atoms with Crippen LogP contribution in [0.1, 0.15) is 96.8 Å². The number of hydrogen-bond donors (Lipinski definition) is 0. The summed E-state index contributed by atoms with van der Waals surface area (Å²) >= 11 is 0. The molecule has 0 aromatic rings. The summed E-state index contributed by atoms with van der Waals surface area (Å²) in [6.07, 6.45) is 18.1. The molecule has 3 heteroatoms. The Morgan fingerprint density at radius 2 is 1.30 bits per heavy atom. The predicted octanol–water partition coefficient (Wildman–Crippen LogP) is 5.33. The summed E-state index contributed by atoms with van der Waals surface area (Å²) in [5.41, 5.74) is 0. The molecule has 0 aromatic heterocycles. The van der Waals surface area contributed by atoms with Gasteiger partial charge in [0.1, 0.15) is 0 Å². The first kappa shape index (κ1) is 20.5. The molecule has 0 unspecified atom stereocenters. The number of ether oxygens (including phenoxy) is 1. The Morgan fingerprint density at radius 1 is 0.783 bits per heavy atom. The standard InChI is InChI=1S/C20H39NO2/c1-2-23-20(22)16-12-11-15-19-21-17-13-9-7-5-3-4-6-8-10-14-18-21/h2-19H2,1H3. The Kier molecular flexibility index (Phi) is 13.3. The van der Waals surface area contributed by atoms with E-state index in [2.05, 4.69) is 4.90 Å². The number of carbonyl (C=O) groups is 1. The van der Waals surface area contributed by atoms with Crippen LogP contribution in [0.4, 0.5) is 0 Å². The number of carbonyl (C=O) groups excluding carboxylic acids is 1. The molecule has 3 nitrogen and oxygen atoms in total. The van der Waals surface area contributed by atoms with Crippen LogP contribution in [0.3, 0.4) is 0 Å². The second-order valence-electron chi connectivity index (χ2n) is 6.99. The Hall–Kier alpha value is -0.570. The molecule has 0 atom stereocenters. The third kappa shape index (κ3) is 12.5. The fourth-order valence-electron chi connectivity index (χ4n) is 3.44. The van der Waals surface area contributed by atoms with Crippen LogP contribution in [-0.4, -0.2) is 37.1 Å². The number of unbranched alkanes of at least 4 members (excludes halogenated alkanes) is 2. The molecule has 1 saturated heterocycles. The minimum Gasteiger partial charge on any atom is -0.466 e. The number of nitrogens with zero attached hydrogens (tertiary/aromatic N) is 1. The van der Waals surface area contributed by atoms with Crippen molar-refractivity contribution in [1.82, 2.24) is 4.90 Å². The molecular weight excluding hydrogens is 286 g/mol. The maximum Gasteiger partial charge on any atom is 0.305 e. The van der Waals surface area contributed by atoms with Crippen LogP contribution < -0.4 is 0 Å². The maximum atomic E-state index is 11.3. The highest BCUT2D eigenvalue weighted by molar-refractivity contribution is 5.69. The van der Waals surface area contributed by atoms with Crippen molar-refractivity contribution in [3.63, 3.8) is 0 Å². The second kappa shape index (κ2) is 15.0. The average Bonchev–Trinajstić information content (AvgIpc) is 2.56. The fraction of sp³-hybridized carbons (Fsp3) is 0.950. The first-order valence-corrected chi connectivity index (χ1v) is 10.2. The molecule has 0 N–H and O–H groups in total. The van der Waals surface area contributed by atoms with Gasteiger partial charge in [0.2, 0.25) is 0 Å². The zero-order valence-electron chi connectivity index (χ0n) is 15.5. The van der Waals surface area contributed by atoms with Gasteiger partial charge in [0.15, 0.2) is 0 Å². The van der Waals surface area contributed by atoms with E-state index < -0.39 is 0 Å². The number of hydrogen-bond acceptors (Lipinski definition) is 3. The molecule has 0 aromatic carbocycles. The quantitative estimate of drug-likeness (QED) is 0.468. The van der Waals surface area contributed by atoms with Gasteiger partial charge in [-0.3, -0.25) is 4.79 Å². The molecule has 136 valence electrons. The summed E-state index contributed by atoms with van der Waals surface area (Å²) in [7, 11) is 0. The van der Waals surface area contributed by atoms with Crippen molar-refractivity contribution in [1.29, 1.82) is 0 Å². The van der Waals surface area contributed by atoms with Crippen molar-refractivity contribution in [3.05, 3.63) is 0 Å². The van der Waals surface area contributed by atoms with E-state index in [4.69, 9.17) is 4.74 Å². The Morgan fingerprint density at radius 3 is 1.83 bits per heavy atom.